The fourth-order valence-corrected chi connectivity index (χ4v) is 2.35. The van der Waals surface area contributed by atoms with E-state index < -0.39 is 11.5 Å². The lowest BCUT2D eigenvalue weighted by molar-refractivity contribution is -0.143. The number of likely N-dealkylation sites (tertiary alicyclic amines) is 1. The second kappa shape index (κ2) is 5.39. The van der Waals surface area contributed by atoms with E-state index in [1.807, 2.05) is 0 Å². The van der Waals surface area contributed by atoms with Crippen LogP contribution in [0.5, 0.6) is 0 Å². The number of hydrogen-bond donors (Lipinski definition) is 2. The molecule has 1 rings (SSSR count). The van der Waals surface area contributed by atoms with Crippen LogP contribution >= 0.6 is 0 Å². The monoisotopic (exact) mass is 270 g/mol. The lowest BCUT2D eigenvalue weighted by atomic mass is 9.75. The van der Waals surface area contributed by atoms with Gasteiger partial charge in [0, 0.05) is 13.1 Å². The first-order valence-corrected chi connectivity index (χ1v) is 6.84. The zero-order chi connectivity index (χ0) is 14.8. The second-order valence-electron chi connectivity index (χ2n) is 6.99. The van der Waals surface area contributed by atoms with E-state index in [9.17, 15) is 9.59 Å². The number of urea groups is 1. The normalized spacial score (nSPS) is 18.3. The summed E-state index contributed by atoms with van der Waals surface area (Å²) in [6.07, 6.45) is 1.95. The summed E-state index contributed by atoms with van der Waals surface area (Å²) in [5.74, 6) is -0.408. The number of rotatable bonds is 2. The van der Waals surface area contributed by atoms with Crippen LogP contribution in [0.4, 0.5) is 4.79 Å². The zero-order valence-electron chi connectivity index (χ0n) is 12.6. The predicted octanol–water partition coefficient (Wildman–Crippen LogP) is 2.32. The minimum Gasteiger partial charge on any atom is -0.480 e. The van der Waals surface area contributed by atoms with Crippen LogP contribution in [0.3, 0.4) is 0 Å². The van der Waals surface area contributed by atoms with Gasteiger partial charge in [0.25, 0.3) is 0 Å². The summed E-state index contributed by atoms with van der Waals surface area (Å²) in [7, 11) is 0. The van der Waals surface area contributed by atoms with E-state index in [4.69, 9.17) is 5.11 Å². The number of carbonyl (C=O) groups excluding carboxylic acids is 1. The fourth-order valence-electron chi connectivity index (χ4n) is 2.35. The molecule has 0 atom stereocenters. The Hall–Kier alpha value is -1.26. The third kappa shape index (κ3) is 4.11. The van der Waals surface area contributed by atoms with Gasteiger partial charge in [0.2, 0.25) is 0 Å². The predicted molar refractivity (Wildman–Crippen MR) is 74.0 cm³/mol. The average Bonchev–Trinajstić information content (AvgIpc) is 2.27. The van der Waals surface area contributed by atoms with Crippen LogP contribution in [0.15, 0.2) is 0 Å². The van der Waals surface area contributed by atoms with Crippen molar-refractivity contribution in [2.24, 2.45) is 11.3 Å². The number of carboxylic acid groups (broad SMARTS) is 1. The number of carbonyl (C=O) groups is 2. The molecular formula is C14H26N2O3. The van der Waals surface area contributed by atoms with Crippen LogP contribution in [-0.2, 0) is 4.79 Å². The van der Waals surface area contributed by atoms with Gasteiger partial charge in [-0.1, -0.05) is 20.8 Å². The summed E-state index contributed by atoms with van der Waals surface area (Å²) in [6.45, 7) is 11.1. The summed E-state index contributed by atoms with van der Waals surface area (Å²) in [6, 6.07) is -0.278. The first-order valence-electron chi connectivity index (χ1n) is 6.84. The van der Waals surface area contributed by atoms with Gasteiger partial charge >= 0.3 is 12.0 Å². The molecule has 1 saturated heterocycles. The third-order valence-corrected chi connectivity index (χ3v) is 3.96. The molecule has 1 heterocycles. The van der Waals surface area contributed by atoms with Gasteiger partial charge in [-0.15, -0.1) is 0 Å². The van der Waals surface area contributed by atoms with Gasteiger partial charge in [-0.05, 0) is 38.0 Å². The molecule has 0 unspecified atom stereocenters. The first-order chi connectivity index (χ1) is 8.54. The third-order valence-electron chi connectivity index (χ3n) is 3.96. The summed E-state index contributed by atoms with van der Waals surface area (Å²) in [4.78, 5) is 24.7. The summed E-state index contributed by atoms with van der Waals surface area (Å²) in [5, 5.41) is 11.6. The Kier molecular flexibility index (Phi) is 4.48. The molecule has 0 saturated carbocycles. The fraction of sp³-hybridized carbons (Fsp3) is 0.857. The molecule has 0 aromatic heterocycles. The molecule has 2 N–H and O–H groups in total. The van der Waals surface area contributed by atoms with Gasteiger partial charge in [0.1, 0.15) is 5.54 Å². The number of amides is 2. The Morgan fingerprint density at radius 2 is 1.58 bits per heavy atom. The molecule has 0 aliphatic carbocycles. The molecule has 0 aromatic carbocycles. The van der Waals surface area contributed by atoms with Crippen molar-refractivity contribution in [2.75, 3.05) is 13.1 Å². The summed E-state index contributed by atoms with van der Waals surface area (Å²) < 4.78 is 0. The van der Waals surface area contributed by atoms with E-state index in [1.54, 1.807) is 4.90 Å². The van der Waals surface area contributed by atoms with Crippen LogP contribution in [-0.4, -0.2) is 40.6 Å². The van der Waals surface area contributed by atoms with Crippen molar-refractivity contribution in [3.63, 3.8) is 0 Å². The van der Waals surface area contributed by atoms with E-state index in [-0.39, 0.29) is 11.4 Å². The largest absolute Gasteiger partial charge is 0.480 e. The van der Waals surface area contributed by atoms with Gasteiger partial charge in [-0.3, -0.25) is 0 Å². The molecule has 0 aromatic rings. The molecule has 110 valence electrons. The number of nitrogens with one attached hydrogen (secondary N) is 1. The molecule has 5 nitrogen and oxygen atoms in total. The van der Waals surface area contributed by atoms with Crippen LogP contribution in [0, 0.1) is 11.3 Å². The van der Waals surface area contributed by atoms with E-state index in [0.717, 1.165) is 12.8 Å². The van der Waals surface area contributed by atoms with Crippen LogP contribution in [0.25, 0.3) is 0 Å². The Morgan fingerprint density at radius 3 is 1.95 bits per heavy atom. The number of piperidine rings is 1. The van der Waals surface area contributed by atoms with Crippen molar-refractivity contribution >= 4 is 12.0 Å². The quantitative estimate of drug-likeness (QED) is 0.809. The molecule has 0 radical (unpaired) electrons. The lowest BCUT2D eigenvalue weighted by Crippen LogP contribution is -2.55. The molecule has 1 fully saturated rings. The zero-order valence-corrected chi connectivity index (χ0v) is 12.6. The Labute approximate surface area is 115 Å². The first kappa shape index (κ1) is 15.8. The number of aliphatic carboxylic acids is 1. The molecule has 5 heteroatoms. The Balaban J connectivity index is 2.52. The molecule has 19 heavy (non-hydrogen) atoms. The summed E-state index contributed by atoms with van der Waals surface area (Å²) >= 11 is 0. The van der Waals surface area contributed by atoms with Crippen molar-refractivity contribution < 1.29 is 14.7 Å². The minimum absolute atomic E-state index is 0.267. The highest BCUT2D eigenvalue weighted by molar-refractivity contribution is 5.85. The number of nitrogens with zero attached hydrogens (tertiary/aromatic N) is 1. The smallest absolute Gasteiger partial charge is 0.328 e. The van der Waals surface area contributed by atoms with E-state index >= 15 is 0 Å². The molecule has 1 aliphatic heterocycles. The number of carboxylic acids is 1. The Bertz CT molecular complexity index is 350. The van der Waals surface area contributed by atoms with E-state index in [2.05, 4.69) is 26.1 Å². The van der Waals surface area contributed by atoms with Crippen LogP contribution in [0.1, 0.15) is 47.5 Å². The standard InChI is InChI=1S/C14H26N2O3/c1-13(2,3)10-6-8-16(9-7-10)12(19)15-14(4,5)11(17)18/h10H,6-9H2,1-5H3,(H,15,19)(H,17,18). The molecule has 1 aliphatic rings. The van der Waals surface area contributed by atoms with Gasteiger partial charge in [0.15, 0.2) is 0 Å². The van der Waals surface area contributed by atoms with Crippen molar-refractivity contribution in [1.82, 2.24) is 10.2 Å². The lowest BCUT2D eigenvalue weighted by Gasteiger charge is -2.39. The van der Waals surface area contributed by atoms with Crippen molar-refractivity contribution in [3.05, 3.63) is 0 Å². The van der Waals surface area contributed by atoms with Gasteiger partial charge in [0.05, 0.1) is 0 Å². The average molecular weight is 270 g/mol. The molecule has 2 amide bonds. The summed E-state index contributed by atoms with van der Waals surface area (Å²) in [5.41, 5.74) is -0.957. The van der Waals surface area contributed by atoms with E-state index in [1.165, 1.54) is 13.8 Å². The minimum atomic E-state index is -1.22. The molecular weight excluding hydrogens is 244 g/mol. The van der Waals surface area contributed by atoms with Crippen molar-refractivity contribution in [3.8, 4) is 0 Å². The number of hydrogen-bond acceptors (Lipinski definition) is 2. The highest BCUT2D eigenvalue weighted by Crippen LogP contribution is 2.34. The SMILES string of the molecule is CC(C)(NC(=O)N1CCC(C(C)(C)C)CC1)C(=O)O. The Morgan fingerprint density at radius 1 is 1.11 bits per heavy atom. The van der Waals surface area contributed by atoms with Crippen molar-refractivity contribution in [2.45, 2.75) is 53.0 Å². The molecule has 0 spiro atoms. The van der Waals surface area contributed by atoms with Crippen LogP contribution in [0.2, 0.25) is 0 Å². The maximum atomic E-state index is 12.0. The second-order valence-corrected chi connectivity index (χ2v) is 6.99. The van der Waals surface area contributed by atoms with Gasteiger partial charge < -0.3 is 15.3 Å². The van der Waals surface area contributed by atoms with Crippen LogP contribution < -0.4 is 5.32 Å². The van der Waals surface area contributed by atoms with Gasteiger partial charge in [-0.25, -0.2) is 9.59 Å². The maximum absolute atomic E-state index is 12.0. The van der Waals surface area contributed by atoms with Gasteiger partial charge in [-0.2, -0.15) is 0 Å². The topological polar surface area (TPSA) is 69.6 Å². The highest BCUT2D eigenvalue weighted by Gasteiger charge is 2.34. The van der Waals surface area contributed by atoms with E-state index in [0.29, 0.717) is 19.0 Å². The van der Waals surface area contributed by atoms with Crippen molar-refractivity contribution in [1.29, 1.82) is 0 Å². The molecule has 0 bridgehead atoms. The highest BCUT2D eigenvalue weighted by atomic mass is 16.4. The maximum Gasteiger partial charge on any atom is 0.328 e.